The molecule has 3 rings (SSSR count). The van der Waals surface area contributed by atoms with Crippen LogP contribution >= 0.6 is 11.6 Å². The Kier molecular flexibility index (Phi) is 4.48. The molecule has 2 heterocycles. The first-order chi connectivity index (χ1) is 11.1. The zero-order valence-electron chi connectivity index (χ0n) is 13.2. The maximum atomic E-state index is 12.6. The summed E-state index contributed by atoms with van der Waals surface area (Å²) >= 11 is 6.15. The number of aromatic nitrogens is 3. The maximum absolute atomic E-state index is 12.6. The number of nitrogens with zero attached hydrogens (tertiary/aromatic N) is 4. The summed E-state index contributed by atoms with van der Waals surface area (Å²) in [5, 5.41) is 8.73. The number of halogens is 1. The minimum Gasteiger partial charge on any atom is -0.338 e. The summed E-state index contributed by atoms with van der Waals surface area (Å²) in [5.74, 6) is 1.24. The van der Waals surface area contributed by atoms with Crippen molar-refractivity contribution in [1.82, 2.24) is 19.7 Å². The van der Waals surface area contributed by atoms with Gasteiger partial charge in [0.2, 0.25) is 5.91 Å². The molecule has 1 aromatic heterocycles. The van der Waals surface area contributed by atoms with Crippen molar-refractivity contribution in [2.45, 2.75) is 19.3 Å². The Morgan fingerprint density at radius 2 is 2.17 bits per heavy atom. The second-order valence-electron chi connectivity index (χ2n) is 5.89. The van der Waals surface area contributed by atoms with E-state index in [1.807, 2.05) is 53.8 Å². The van der Waals surface area contributed by atoms with Gasteiger partial charge >= 0.3 is 0 Å². The zero-order chi connectivity index (χ0) is 16.4. The van der Waals surface area contributed by atoms with E-state index >= 15 is 0 Å². The van der Waals surface area contributed by atoms with E-state index in [1.165, 1.54) is 0 Å². The second kappa shape index (κ2) is 6.54. The highest BCUT2D eigenvalue weighted by molar-refractivity contribution is 6.32. The van der Waals surface area contributed by atoms with E-state index in [1.54, 1.807) is 6.33 Å². The van der Waals surface area contributed by atoms with Crippen molar-refractivity contribution in [3.63, 3.8) is 0 Å². The first kappa shape index (κ1) is 15.7. The summed E-state index contributed by atoms with van der Waals surface area (Å²) in [5.41, 5.74) is 1.56. The van der Waals surface area contributed by atoms with Crippen LogP contribution in [0.5, 0.6) is 0 Å². The van der Waals surface area contributed by atoms with E-state index in [0.29, 0.717) is 17.1 Å². The molecular weight excluding hydrogens is 312 g/mol. The fourth-order valence-corrected chi connectivity index (χ4v) is 3.14. The van der Waals surface area contributed by atoms with Gasteiger partial charge in [-0.3, -0.25) is 4.79 Å². The lowest BCUT2D eigenvalue weighted by Gasteiger charge is -2.17. The minimum absolute atomic E-state index is 0.0505. The van der Waals surface area contributed by atoms with Gasteiger partial charge in [0.1, 0.15) is 12.2 Å². The number of benzene rings is 1. The standard InChI is InChI=1S/C17H19ClN4O/c1-12(9-13-5-3-4-6-15(13)18)17(23)22-8-7-14(10-22)16-20-19-11-21(16)2/h3-6,9,11,14H,7-8,10H2,1-2H3/b12-9+. The van der Waals surface area contributed by atoms with E-state index in [0.717, 1.165) is 24.4 Å². The van der Waals surface area contributed by atoms with E-state index in [9.17, 15) is 4.79 Å². The second-order valence-corrected chi connectivity index (χ2v) is 6.29. The van der Waals surface area contributed by atoms with Gasteiger partial charge in [0, 0.05) is 36.7 Å². The third-order valence-corrected chi connectivity index (χ3v) is 4.55. The molecule has 2 aromatic rings. The van der Waals surface area contributed by atoms with E-state index in [4.69, 9.17) is 11.6 Å². The van der Waals surface area contributed by atoms with Crippen LogP contribution in [0.15, 0.2) is 36.2 Å². The Labute approximate surface area is 140 Å². The fourth-order valence-electron chi connectivity index (χ4n) is 2.95. The highest BCUT2D eigenvalue weighted by Gasteiger charge is 2.30. The molecule has 0 N–H and O–H groups in total. The van der Waals surface area contributed by atoms with E-state index in [2.05, 4.69) is 10.2 Å². The van der Waals surface area contributed by atoms with Crippen LogP contribution in [-0.2, 0) is 11.8 Å². The van der Waals surface area contributed by atoms with Crippen LogP contribution in [0, 0.1) is 0 Å². The molecule has 1 aliphatic rings. The lowest BCUT2D eigenvalue weighted by molar-refractivity contribution is -0.126. The molecule has 120 valence electrons. The van der Waals surface area contributed by atoms with Crippen LogP contribution < -0.4 is 0 Å². The Bertz CT molecular complexity index is 753. The van der Waals surface area contributed by atoms with Crippen molar-refractivity contribution < 1.29 is 4.79 Å². The van der Waals surface area contributed by atoms with Crippen LogP contribution in [0.2, 0.25) is 5.02 Å². The molecule has 5 nitrogen and oxygen atoms in total. The average Bonchev–Trinajstić information content (AvgIpc) is 3.17. The van der Waals surface area contributed by atoms with Gasteiger partial charge in [-0.25, -0.2) is 0 Å². The number of rotatable bonds is 3. The molecule has 1 atom stereocenters. The van der Waals surface area contributed by atoms with Crippen molar-refractivity contribution in [1.29, 1.82) is 0 Å². The topological polar surface area (TPSA) is 51.0 Å². The van der Waals surface area contributed by atoms with Gasteiger partial charge in [0.15, 0.2) is 0 Å². The average molecular weight is 331 g/mol. The highest BCUT2D eigenvalue weighted by Crippen LogP contribution is 2.27. The Morgan fingerprint density at radius 3 is 2.87 bits per heavy atom. The Hall–Kier alpha value is -2.14. The SMILES string of the molecule is C/C(=C\c1ccccc1Cl)C(=O)N1CCC(c2nncn2C)C1. The highest BCUT2D eigenvalue weighted by atomic mass is 35.5. The summed E-state index contributed by atoms with van der Waals surface area (Å²) < 4.78 is 1.92. The van der Waals surface area contributed by atoms with E-state index in [-0.39, 0.29) is 11.8 Å². The van der Waals surface area contributed by atoms with Crippen LogP contribution in [0.25, 0.3) is 6.08 Å². The summed E-state index contributed by atoms with van der Waals surface area (Å²) in [6.07, 6.45) is 4.46. The monoisotopic (exact) mass is 330 g/mol. The quantitative estimate of drug-likeness (QED) is 0.813. The van der Waals surface area contributed by atoms with Gasteiger partial charge in [-0.15, -0.1) is 10.2 Å². The number of carbonyl (C=O) groups excluding carboxylic acids is 1. The number of hydrogen-bond acceptors (Lipinski definition) is 3. The van der Waals surface area contributed by atoms with Crippen molar-refractivity contribution in [3.8, 4) is 0 Å². The number of aryl methyl sites for hydroxylation is 1. The van der Waals surface area contributed by atoms with Crippen molar-refractivity contribution in [2.75, 3.05) is 13.1 Å². The van der Waals surface area contributed by atoms with Gasteiger partial charge in [-0.05, 0) is 31.1 Å². The van der Waals surface area contributed by atoms with E-state index < -0.39 is 0 Å². The molecule has 0 aliphatic carbocycles. The van der Waals surface area contributed by atoms with Gasteiger partial charge < -0.3 is 9.47 Å². The number of hydrogen-bond donors (Lipinski definition) is 0. The molecule has 23 heavy (non-hydrogen) atoms. The molecule has 1 unspecified atom stereocenters. The van der Waals surface area contributed by atoms with Gasteiger partial charge in [-0.1, -0.05) is 29.8 Å². The predicted octanol–water partition coefficient (Wildman–Crippen LogP) is 2.89. The summed E-state index contributed by atoms with van der Waals surface area (Å²) in [6.45, 7) is 3.25. The number of amides is 1. The first-order valence-electron chi connectivity index (χ1n) is 7.62. The smallest absolute Gasteiger partial charge is 0.249 e. The third kappa shape index (κ3) is 3.29. The van der Waals surface area contributed by atoms with Crippen molar-refractivity contribution in [2.24, 2.45) is 7.05 Å². The summed E-state index contributed by atoms with van der Waals surface area (Å²) in [6, 6.07) is 7.52. The number of carbonyl (C=O) groups is 1. The third-order valence-electron chi connectivity index (χ3n) is 4.20. The molecule has 1 aromatic carbocycles. The molecular formula is C17H19ClN4O. The molecule has 1 fully saturated rings. The molecule has 1 saturated heterocycles. The molecule has 1 amide bonds. The van der Waals surface area contributed by atoms with Gasteiger partial charge in [0.25, 0.3) is 0 Å². The van der Waals surface area contributed by atoms with Crippen LogP contribution in [0.1, 0.15) is 30.7 Å². The molecule has 1 aliphatic heterocycles. The predicted molar refractivity (Wildman–Crippen MR) is 90.0 cm³/mol. The summed E-state index contributed by atoms with van der Waals surface area (Å²) in [7, 11) is 1.93. The molecule has 0 spiro atoms. The van der Waals surface area contributed by atoms with Crippen molar-refractivity contribution >= 4 is 23.6 Å². The zero-order valence-corrected chi connectivity index (χ0v) is 14.0. The van der Waals surface area contributed by atoms with Crippen LogP contribution in [0.4, 0.5) is 0 Å². The Balaban J connectivity index is 1.72. The van der Waals surface area contributed by atoms with Crippen LogP contribution in [-0.4, -0.2) is 38.7 Å². The Morgan fingerprint density at radius 1 is 1.39 bits per heavy atom. The lowest BCUT2D eigenvalue weighted by atomic mass is 10.1. The summed E-state index contributed by atoms with van der Waals surface area (Å²) in [4.78, 5) is 14.5. The molecule has 0 radical (unpaired) electrons. The minimum atomic E-state index is 0.0505. The first-order valence-corrected chi connectivity index (χ1v) is 8.00. The number of likely N-dealkylation sites (tertiary alicyclic amines) is 1. The van der Waals surface area contributed by atoms with Gasteiger partial charge in [0.05, 0.1) is 0 Å². The van der Waals surface area contributed by atoms with Crippen LogP contribution in [0.3, 0.4) is 0 Å². The molecule has 0 bridgehead atoms. The maximum Gasteiger partial charge on any atom is 0.249 e. The normalized spacial score (nSPS) is 18.5. The van der Waals surface area contributed by atoms with Crippen molar-refractivity contribution in [3.05, 3.63) is 52.6 Å². The lowest BCUT2D eigenvalue weighted by Crippen LogP contribution is -2.29. The van der Waals surface area contributed by atoms with Gasteiger partial charge in [-0.2, -0.15) is 0 Å². The fraction of sp³-hybridized carbons (Fsp3) is 0.353. The molecule has 0 saturated carbocycles. The largest absolute Gasteiger partial charge is 0.338 e. The molecule has 6 heteroatoms.